The van der Waals surface area contributed by atoms with Crippen molar-refractivity contribution in [3.05, 3.63) is 0 Å². The van der Waals surface area contributed by atoms with Crippen LogP contribution in [-0.2, 0) is 65.4 Å². The predicted octanol–water partition coefficient (Wildman–Crippen LogP) is 24.4. The van der Waals surface area contributed by atoms with Crippen LogP contribution in [-0.4, -0.2) is 96.7 Å². The molecular formula is C82H160O17P2. The van der Waals surface area contributed by atoms with Crippen LogP contribution in [0.4, 0.5) is 0 Å². The lowest BCUT2D eigenvalue weighted by Gasteiger charge is -2.21. The SMILES string of the molecule is CCC(C)CCCCCCCCCCCCCCCCC(=O)O[C@H](COC(=O)CCCCCCCCC(C)C)COP(=O)(O)OC[C@H](O)COP(=O)(O)OC[C@@H](COC(=O)CCCCCCCCCCCCCCCCCCC(C)C)OC(=O)CCCCCCCCCCCCCCC(C)C. The van der Waals surface area contributed by atoms with Gasteiger partial charge in [0.05, 0.1) is 26.4 Å². The first-order valence-corrected chi connectivity index (χ1v) is 45.2. The van der Waals surface area contributed by atoms with Crippen molar-refractivity contribution < 1.29 is 80.2 Å². The average Bonchev–Trinajstić information content (AvgIpc) is 0.919. The van der Waals surface area contributed by atoms with Gasteiger partial charge in [-0.25, -0.2) is 9.13 Å². The zero-order chi connectivity index (χ0) is 74.6. The monoisotopic (exact) mass is 1480 g/mol. The highest BCUT2D eigenvalue weighted by atomic mass is 31.2. The van der Waals surface area contributed by atoms with E-state index in [2.05, 4.69) is 55.4 Å². The summed E-state index contributed by atoms with van der Waals surface area (Å²) in [6.45, 7) is 14.3. The van der Waals surface area contributed by atoms with Gasteiger partial charge >= 0.3 is 39.5 Å². The number of unbranched alkanes of at least 4 members (excludes halogenated alkanes) is 44. The van der Waals surface area contributed by atoms with Crippen LogP contribution in [0, 0.1) is 23.7 Å². The molecule has 0 radical (unpaired) electrons. The Kier molecular flexibility index (Phi) is 69.6. The number of carbonyl (C=O) groups is 4. The average molecular weight is 1480 g/mol. The van der Waals surface area contributed by atoms with E-state index in [0.717, 1.165) is 114 Å². The van der Waals surface area contributed by atoms with Gasteiger partial charge < -0.3 is 33.8 Å². The molecule has 0 aliphatic heterocycles. The zero-order valence-corrected chi connectivity index (χ0v) is 68.3. The normalized spacial score (nSPS) is 14.3. The van der Waals surface area contributed by atoms with Gasteiger partial charge in [-0.1, -0.05) is 370 Å². The number of esters is 4. The molecular weight excluding hydrogens is 1320 g/mol. The Bertz CT molecular complexity index is 1970. The smallest absolute Gasteiger partial charge is 0.462 e. The first kappa shape index (κ1) is 99.1. The Morgan fingerprint density at radius 1 is 0.277 bits per heavy atom. The van der Waals surface area contributed by atoms with Gasteiger partial charge in [0, 0.05) is 25.7 Å². The summed E-state index contributed by atoms with van der Waals surface area (Å²) in [6.07, 6.45) is 58.4. The Morgan fingerprint density at radius 3 is 0.703 bits per heavy atom. The molecule has 6 atom stereocenters. The van der Waals surface area contributed by atoms with Gasteiger partial charge in [-0.05, 0) is 49.4 Å². The lowest BCUT2D eigenvalue weighted by atomic mass is 9.99. The molecule has 17 nitrogen and oxygen atoms in total. The maximum Gasteiger partial charge on any atom is 0.472 e. The number of aliphatic hydroxyl groups excluding tert-OH is 1. The van der Waals surface area contributed by atoms with Crippen LogP contribution in [0.3, 0.4) is 0 Å². The second-order valence-corrected chi connectivity index (χ2v) is 34.1. The van der Waals surface area contributed by atoms with E-state index >= 15 is 0 Å². The minimum atomic E-state index is -4.96. The first-order valence-electron chi connectivity index (χ1n) is 42.2. The molecule has 3 unspecified atom stereocenters. The van der Waals surface area contributed by atoms with E-state index in [9.17, 15) is 43.2 Å². The molecule has 3 N–H and O–H groups in total. The summed E-state index contributed by atoms with van der Waals surface area (Å²) in [5, 5.41) is 10.6. The molecule has 0 aromatic heterocycles. The quantitative estimate of drug-likeness (QED) is 0.0222. The van der Waals surface area contributed by atoms with Gasteiger partial charge in [-0.15, -0.1) is 0 Å². The molecule has 0 rings (SSSR count). The van der Waals surface area contributed by atoms with Crippen LogP contribution in [0.1, 0.15) is 421 Å². The van der Waals surface area contributed by atoms with Crippen LogP contribution in [0.2, 0.25) is 0 Å². The van der Waals surface area contributed by atoms with Crippen molar-refractivity contribution >= 4 is 39.5 Å². The molecule has 101 heavy (non-hydrogen) atoms. The van der Waals surface area contributed by atoms with Gasteiger partial charge in [-0.2, -0.15) is 0 Å². The highest BCUT2D eigenvalue weighted by Gasteiger charge is 2.30. The molecule has 0 aliphatic rings. The number of aliphatic hydroxyl groups is 1. The molecule has 0 heterocycles. The van der Waals surface area contributed by atoms with Crippen LogP contribution in [0.15, 0.2) is 0 Å². The number of carbonyl (C=O) groups excluding carboxylic acids is 4. The minimum absolute atomic E-state index is 0.106. The highest BCUT2D eigenvalue weighted by Crippen LogP contribution is 2.45. The Morgan fingerprint density at radius 2 is 0.475 bits per heavy atom. The third-order valence-electron chi connectivity index (χ3n) is 19.4. The first-order chi connectivity index (χ1) is 48.6. The molecule has 0 fully saturated rings. The second kappa shape index (κ2) is 71.0. The molecule has 600 valence electrons. The topological polar surface area (TPSA) is 237 Å². The molecule has 0 saturated heterocycles. The Hall–Kier alpha value is -1.94. The van der Waals surface area contributed by atoms with Gasteiger partial charge in [0.2, 0.25) is 0 Å². The fourth-order valence-electron chi connectivity index (χ4n) is 12.6. The molecule has 0 aromatic rings. The van der Waals surface area contributed by atoms with Crippen molar-refractivity contribution in [1.82, 2.24) is 0 Å². The zero-order valence-electron chi connectivity index (χ0n) is 66.5. The largest absolute Gasteiger partial charge is 0.472 e. The van der Waals surface area contributed by atoms with Gasteiger partial charge in [0.15, 0.2) is 12.2 Å². The standard InChI is InChI=1S/C82H160O17P2/c1-9-75(8)61-53-45-36-30-24-17-14-15-19-26-32-38-48-56-64-82(87)99-78(69-93-80(85)63-55-47-41-40-44-52-60-74(6)7)71-97-101(90,91)95-67-76(83)66-94-100(88,89)96-70-77(98-81(86)65-57-49-39-33-27-21-20-23-29-35-43-51-59-73(4)5)68-92-79(84)62-54-46-37-31-25-18-13-11-10-12-16-22-28-34-42-50-58-72(2)3/h72-78,83H,9-71H2,1-8H3,(H,88,89)(H,90,91)/t75?,76-,77-,78-/m1/s1. The maximum atomic E-state index is 13.1. The number of phosphoric ester groups is 2. The fraction of sp³-hybridized carbons (Fsp3) is 0.951. The summed E-state index contributed by atoms with van der Waals surface area (Å²) in [6, 6.07) is 0. The van der Waals surface area contributed by atoms with Crippen molar-refractivity contribution in [3.8, 4) is 0 Å². The van der Waals surface area contributed by atoms with Gasteiger partial charge in [0.25, 0.3) is 0 Å². The van der Waals surface area contributed by atoms with Crippen molar-refractivity contribution in [2.24, 2.45) is 23.7 Å². The van der Waals surface area contributed by atoms with Gasteiger partial charge in [0.1, 0.15) is 19.3 Å². The number of hydrogen-bond acceptors (Lipinski definition) is 15. The third kappa shape index (κ3) is 74.7. The van der Waals surface area contributed by atoms with Crippen LogP contribution >= 0.6 is 15.6 Å². The summed E-state index contributed by atoms with van der Waals surface area (Å²) < 4.78 is 68.7. The molecule has 19 heteroatoms. The molecule has 0 saturated carbocycles. The van der Waals surface area contributed by atoms with E-state index in [1.165, 1.54) is 218 Å². The van der Waals surface area contributed by atoms with Gasteiger partial charge in [-0.3, -0.25) is 37.3 Å². The molecule has 0 bridgehead atoms. The lowest BCUT2D eigenvalue weighted by Crippen LogP contribution is -2.30. The number of rotatable bonds is 79. The minimum Gasteiger partial charge on any atom is -0.462 e. The Balaban J connectivity index is 5.21. The summed E-state index contributed by atoms with van der Waals surface area (Å²) in [4.78, 5) is 73.0. The van der Waals surface area contributed by atoms with E-state index in [4.69, 9.17) is 37.0 Å². The molecule has 0 aliphatic carbocycles. The maximum absolute atomic E-state index is 13.1. The fourth-order valence-corrected chi connectivity index (χ4v) is 14.2. The Labute approximate surface area is 619 Å². The van der Waals surface area contributed by atoms with E-state index in [-0.39, 0.29) is 25.7 Å². The molecule has 0 aromatic carbocycles. The van der Waals surface area contributed by atoms with Crippen molar-refractivity contribution in [2.45, 2.75) is 440 Å². The van der Waals surface area contributed by atoms with Crippen LogP contribution in [0.5, 0.6) is 0 Å². The predicted molar refractivity (Wildman–Crippen MR) is 414 cm³/mol. The number of ether oxygens (including phenoxy) is 4. The van der Waals surface area contributed by atoms with E-state index in [1.807, 2.05) is 0 Å². The number of phosphoric acid groups is 2. The summed E-state index contributed by atoms with van der Waals surface area (Å²) >= 11 is 0. The van der Waals surface area contributed by atoms with Crippen LogP contribution in [0.25, 0.3) is 0 Å². The molecule has 0 amide bonds. The lowest BCUT2D eigenvalue weighted by molar-refractivity contribution is -0.161. The van der Waals surface area contributed by atoms with E-state index in [1.54, 1.807) is 0 Å². The summed E-state index contributed by atoms with van der Waals surface area (Å²) in [5.74, 6) is 1.00. The van der Waals surface area contributed by atoms with Crippen molar-refractivity contribution in [1.29, 1.82) is 0 Å². The molecule has 0 spiro atoms. The number of hydrogen-bond donors (Lipinski definition) is 3. The van der Waals surface area contributed by atoms with E-state index in [0.29, 0.717) is 31.6 Å². The highest BCUT2D eigenvalue weighted by molar-refractivity contribution is 7.47. The summed E-state index contributed by atoms with van der Waals surface area (Å²) in [5.41, 5.74) is 0. The van der Waals surface area contributed by atoms with Crippen LogP contribution < -0.4 is 0 Å². The second-order valence-electron chi connectivity index (χ2n) is 31.2. The third-order valence-corrected chi connectivity index (χ3v) is 21.3. The van der Waals surface area contributed by atoms with E-state index < -0.39 is 97.5 Å². The summed E-state index contributed by atoms with van der Waals surface area (Å²) in [7, 11) is -9.92. The van der Waals surface area contributed by atoms with Crippen molar-refractivity contribution in [3.63, 3.8) is 0 Å². The van der Waals surface area contributed by atoms with Crippen molar-refractivity contribution in [2.75, 3.05) is 39.6 Å².